The van der Waals surface area contributed by atoms with E-state index in [2.05, 4.69) is 23.3 Å². The number of nitrogens with one attached hydrogen (secondary N) is 2. The molecule has 1 aromatic carbocycles. The van der Waals surface area contributed by atoms with Gasteiger partial charge in [-0.15, -0.1) is 12.6 Å². The van der Waals surface area contributed by atoms with E-state index in [1.807, 2.05) is 13.0 Å². The van der Waals surface area contributed by atoms with Crippen LogP contribution in [0.3, 0.4) is 0 Å². The van der Waals surface area contributed by atoms with E-state index in [1.54, 1.807) is 18.2 Å². The molecule has 0 bridgehead atoms. The van der Waals surface area contributed by atoms with Crippen LogP contribution >= 0.6 is 12.6 Å². The zero-order valence-corrected chi connectivity index (χ0v) is 12.0. The first-order valence-electron chi connectivity index (χ1n) is 6.48. The number of rotatable bonds is 7. The molecule has 1 aromatic rings. The molecule has 0 saturated heterocycles. The molecule has 0 radical (unpaired) electrons. The first kappa shape index (κ1) is 15.6. The summed E-state index contributed by atoms with van der Waals surface area (Å²) >= 11 is 4.22. The van der Waals surface area contributed by atoms with Crippen LogP contribution in [0, 0.1) is 0 Å². The predicted octanol–water partition coefficient (Wildman–Crippen LogP) is 2.01. The van der Waals surface area contributed by atoms with Crippen LogP contribution < -0.4 is 10.6 Å². The van der Waals surface area contributed by atoms with Crippen LogP contribution in [-0.4, -0.2) is 24.9 Å². The van der Waals surface area contributed by atoms with Gasteiger partial charge in [0.1, 0.15) is 0 Å². The van der Waals surface area contributed by atoms with Crippen molar-refractivity contribution in [3.05, 3.63) is 29.8 Å². The lowest BCUT2D eigenvalue weighted by Crippen LogP contribution is -2.34. The maximum Gasteiger partial charge on any atom is 0.252 e. The van der Waals surface area contributed by atoms with E-state index in [9.17, 15) is 9.59 Å². The lowest BCUT2D eigenvalue weighted by molar-refractivity contribution is -0.121. The third-order valence-electron chi connectivity index (χ3n) is 2.64. The van der Waals surface area contributed by atoms with Crippen molar-refractivity contribution in [1.29, 1.82) is 0 Å². The van der Waals surface area contributed by atoms with Crippen LogP contribution in [0.4, 0.5) is 0 Å². The molecule has 0 spiro atoms. The lowest BCUT2D eigenvalue weighted by atomic mass is 10.2. The van der Waals surface area contributed by atoms with Crippen molar-refractivity contribution >= 4 is 24.4 Å². The normalized spacial score (nSPS) is 10.0. The zero-order chi connectivity index (χ0) is 14.1. The van der Waals surface area contributed by atoms with Gasteiger partial charge in [0.25, 0.3) is 5.91 Å². The average molecular weight is 280 g/mol. The van der Waals surface area contributed by atoms with Crippen molar-refractivity contribution in [2.24, 2.45) is 0 Å². The standard InChI is InChI=1S/C14H20N2O2S/c1-2-3-8-13(17)15-9-10-16-14(18)11-6-4-5-7-12(11)19/h4-7,19H,2-3,8-10H2,1H3,(H,15,17)(H,16,18). The molecule has 1 rings (SSSR count). The van der Waals surface area contributed by atoms with Gasteiger partial charge < -0.3 is 10.6 Å². The van der Waals surface area contributed by atoms with Gasteiger partial charge >= 0.3 is 0 Å². The molecule has 104 valence electrons. The molecule has 19 heavy (non-hydrogen) atoms. The second-order valence-corrected chi connectivity index (χ2v) is 4.71. The molecule has 5 heteroatoms. The lowest BCUT2D eigenvalue weighted by Gasteiger charge is -2.08. The molecule has 0 aromatic heterocycles. The van der Waals surface area contributed by atoms with E-state index in [4.69, 9.17) is 0 Å². The van der Waals surface area contributed by atoms with Gasteiger partial charge in [-0.25, -0.2) is 0 Å². The van der Waals surface area contributed by atoms with Gasteiger partial charge in [0.05, 0.1) is 5.56 Å². The van der Waals surface area contributed by atoms with Crippen molar-refractivity contribution in [3.8, 4) is 0 Å². The molecule has 0 aliphatic carbocycles. The topological polar surface area (TPSA) is 58.2 Å². The fourth-order valence-electron chi connectivity index (χ4n) is 1.56. The van der Waals surface area contributed by atoms with Gasteiger partial charge in [-0.1, -0.05) is 25.5 Å². The summed E-state index contributed by atoms with van der Waals surface area (Å²) in [7, 11) is 0. The van der Waals surface area contributed by atoms with Crippen molar-refractivity contribution in [1.82, 2.24) is 10.6 Å². The first-order chi connectivity index (χ1) is 9.15. The Bertz CT molecular complexity index is 435. The van der Waals surface area contributed by atoms with Crippen molar-refractivity contribution < 1.29 is 9.59 Å². The highest BCUT2D eigenvalue weighted by Crippen LogP contribution is 2.12. The molecule has 2 amide bonds. The molecule has 0 heterocycles. The Hall–Kier alpha value is -1.49. The summed E-state index contributed by atoms with van der Waals surface area (Å²) in [5.74, 6) is -0.140. The molecule has 0 saturated carbocycles. The van der Waals surface area contributed by atoms with Crippen LogP contribution in [0.1, 0.15) is 36.5 Å². The van der Waals surface area contributed by atoms with Gasteiger partial charge in [0, 0.05) is 24.4 Å². The number of unbranched alkanes of at least 4 members (excludes halogenated alkanes) is 1. The predicted molar refractivity (Wildman–Crippen MR) is 78.6 cm³/mol. The number of hydrogen-bond acceptors (Lipinski definition) is 3. The minimum Gasteiger partial charge on any atom is -0.354 e. The largest absolute Gasteiger partial charge is 0.354 e. The molecule has 0 aliphatic heterocycles. The summed E-state index contributed by atoms with van der Waals surface area (Å²) in [5.41, 5.74) is 0.545. The van der Waals surface area contributed by atoms with Crippen molar-refractivity contribution in [2.45, 2.75) is 31.1 Å². The van der Waals surface area contributed by atoms with E-state index in [1.165, 1.54) is 0 Å². The molecular weight excluding hydrogens is 260 g/mol. The van der Waals surface area contributed by atoms with E-state index in [-0.39, 0.29) is 11.8 Å². The number of amides is 2. The second kappa shape index (κ2) is 8.58. The third kappa shape index (κ3) is 5.79. The number of hydrogen-bond donors (Lipinski definition) is 3. The highest BCUT2D eigenvalue weighted by Gasteiger charge is 2.07. The summed E-state index contributed by atoms with van der Waals surface area (Å²) in [6, 6.07) is 7.11. The summed E-state index contributed by atoms with van der Waals surface area (Å²) < 4.78 is 0. The third-order valence-corrected chi connectivity index (χ3v) is 3.03. The fourth-order valence-corrected chi connectivity index (χ4v) is 1.83. The molecular formula is C14H20N2O2S. The molecule has 4 nitrogen and oxygen atoms in total. The Balaban J connectivity index is 2.25. The fraction of sp³-hybridized carbons (Fsp3) is 0.429. The first-order valence-corrected chi connectivity index (χ1v) is 6.92. The Morgan fingerprint density at radius 3 is 2.53 bits per heavy atom. The van der Waals surface area contributed by atoms with Gasteiger partial charge in [-0.05, 0) is 18.6 Å². The molecule has 0 atom stereocenters. The SMILES string of the molecule is CCCCC(=O)NCCNC(=O)c1ccccc1S. The highest BCUT2D eigenvalue weighted by atomic mass is 32.1. The van der Waals surface area contributed by atoms with Crippen LogP contribution in [0.5, 0.6) is 0 Å². The summed E-state index contributed by atoms with van der Waals surface area (Å²) in [4.78, 5) is 23.8. The van der Waals surface area contributed by atoms with Gasteiger partial charge in [0.2, 0.25) is 5.91 Å². The van der Waals surface area contributed by atoms with E-state index >= 15 is 0 Å². The Kier molecular flexibility index (Phi) is 7.03. The smallest absolute Gasteiger partial charge is 0.252 e. The van der Waals surface area contributed by atoms with Crippen LogP contribution in [0.2, 0.25) is 0 Å². The van der Waals surface area contributed by atoms with Gasteiger partial charge in [-0.3, -0.25) is 9.59 Å². The van der Waals surface area contributed by atoms with Crippen molar-refractivity contribution in [3.63, 3.8) is 0 Å². The average Bonchev–Trinajstić information content (AvgIpc) is 2.41. The molecule has 2 N–H and O–H groups in total. The van der Waals surface area contributed by atoms with E-state index < -0.39 is 0 Å². The van der Waals surface area contributed by atoms with Crippen LogP contribution in [0.15, 0.2) is 29.2 Å². The number of carbonyl (C=O) groups is 2. The maximum atomic E-state index is 11.8. The number of benzene rings is 1. The van der Waals surface area contributed by atoms with Crippen LogP contribution in [-0.2, 0) is 4.79 Å². The monoisotopic (exact) mass is 280 g/mol. The second-order valence-electron chi connectivity index (χ2n) is 4.23. The van der Waals surface area contributed by atoms with Crippen LogP contribution in [0.25, 0.3) is 0 Å². The minimum atomic E-state index is -0.173. The van der Waals surface area contributed by atoms with E-state index in [0.29, 0.717) is 30.0 Å². The van der Waals surface area contributed by atoms with Gasteiger partial charge in [0.15, 0.2) is 0 Å². The zero-order valence-electron chi connectivity index (χ0n) is 11.1. The molecule has 0 unspecified atom stereocenters. The Morgan fingerprint density at radius 1 is 1.16 bits per heavy atom. The highest BCUT2D eigenvalue weighted by molar-refractivity contribution is 7.80. The molecule has 0 aliphatic rings. The summed E-state index contributed by atoms with van der Waals surface area (Å²) in [6.07, 6.45) is 2.44. The maximum absolute atomic E-state index is 11.8. The quantitative estimate of drug-likeness (QED) is 0.528. The minimum absolute atomic E-state index is 0.0331. The van der Waals surface area contributed by atoms with Gasteiger partial charge in [-0.2, -0.15) is 0 Å². The number of carbonyl (C=O) groups excluding carboxylic acids is 2. The molecule has 0 fully saturated rings. The Labute approximate surface area is 119 Å². The summed E-state index contributed by atoms with van der Waals surface area (Å²) in [5, 5.41) is 5.51. The summed E-state index contributed by atoms with van der Waals surface area (Å²) in [6.45, 7) is 2.91. The van der Waals surface area contributed by atoms with Crippen molar-refractivity contribution in [2.75, 3.05) is 13.1 Å². The van der Waals surface area contributed by atoms with E-state index in [0.717, 1.165) is 12.8 Å². The Morgan fingerprint density at radius 2 is 1.84 bits per heavy atom. The number of thiol groups is 1.